The number of aliphatic hydroxyl groups excluding tert-OH is 1. The van der Waals surface area contributed by atoms with Gasteiger partial charge in [0.25, 0.3) is 0 Å². The molecule has 2 N–H and O–H groups in total. The van der Waals surface area contributed by atoms with Crippen molar-refractivity contribution in [2.24, 2.45) is 0 Å². The number of halogens is 1. The molecule has 6 heteroatoms. The number of aromatic nitrogens is 1. The quantitative estimate of drug-likeness (QED) is 0.751. The molecule has 0 aliphatic carbocycles. The molecule has 2 atom stereocenters. The molecular formula is C19H22BrN3O2. The van der Waals surface area contributed by atoms with E-state index in [1.807, 2.05) is 35.2 Å². The number of fused-ring (bicyclic) bond motifs is 1. The minimum Gasteiger partial charge on any atom is -0.392 e. The van der Waals surface area contributed by atoms with Crippen molar-refractivity contribution >= 4 is 21.8 Å². The summed E-state index contributed by atoms with van der Waals surface area (Å²) in [6, 6.07) is 13.8. The standard InChI is InChI=1S/C19H22BrN3O2/c1-13(24)11-21-12-18(25)23-10-9-14-5-2-3-6-15(14)19(23)16-7-4-8-17(20)22-16/h2-8,13,19,21,24H,9-12H2,1H3/t13-,19?/m1/s1. The number of carbonyl (C=O) groups excluding carboxylic acids is 1. The zero-order valence-electron chi connectivity index (χ0n) is 14.2. The molecular weight excluding hydrogens is 382 g/mol. The molecule has 0 radical (unpaired) electrons. The minimum absolute atomic E-state index is 0.0157. The molecule has 132 valence electrons. The Balaban J connectivity index is 1.90. The molecule has 1 aliphatic heterocycles. The fourth-order valence-electron chi connectivity index (χ4n) is 3.22. The summed E-state index contributed by atoms with van der Waals surface area (Å²) in [6.07, 6.45) is 0.362. The summed E-state index contributed by atoms with van der Waals surface area (Å²) >= 11 is 3.43. The highest BCUT2D eigenvalue weighted by Gasteiger charge is 2.32. The van der Waals surface area contributed by atoms with E-state index in [0.29, 0.717) is 13.1 Å². The number of amides is 1. The van der Waals surface area contributed by atoms with Crippen LogP contribution in [-0.4, -0.2) is 46.6 Å². The highest BCUT2D eigenvalue weighted by molar-refractivity contribution is 9.10. The van der Waals surface area contributed by atoms with Crippen molar-refractivity contribution in [2.45, 2.75) is 25.5 Å². The van der Waals surface area contributed by atoms with Crippen LogP contribution in [0.2, 0.25) is 0 Å². The van der Waals surface area contributed by atoms with E-state index in [9.17, 15) is 9.90 Å². The van der Waals surface area contributed by atoms with Crippen LogP contribution in [0.5, 0.6) is 0 Å². The van der Waals surface area contributed by atoms with Gasteiger partial charge in [0.05, 0.1) is 24.4 Å². The number of carbonyl (C=O) groups is 1. The van der Waals surface area contributed by atoms with Gasteiger partial charge >= 0.3 is 0 Å². The second kappa shape index (κ2) is 8.08. The molecule has 0 saturated carbocycles. The maximum atomic E-state index is 12.8. The number of nitrogens with zero attached hydrogens (tertiary/aromatic N) is 2. The van der Waals surface area contributed by atoms with Crippen molar-refractivity contribution in [3.05, 3.63) is 63.9 Å². The number of benzene rings is 1. The number of pyridine rings is 1. The average molecular weight is 404 g/mol. The Morgan fingerprint density at radius 3 is 2.92 bits per heavy atom. The monoisotopic (exact) mass is 403 g/mol. The zero-order chi connectivity index (χ0) is 17.8. The van der Waals surface area contributed by atoms with E-state index in [1.54, 1.807) is 6.92 Å². The molecule has 0 bridgehead atoms. The van der Waals surface area contributed by atoms with Crippen LogP contribution >= 0.6 is 15.9 Å². The van der Waals surface area contributed by atoms with Crippen molar-refractivity contribution < 1.29 is 9.90 Å². The van der Waals surface area contributed by atoms with E-state index in [1.165, 1.54) is 5.56 Å². The Hall–Kier alpha value is -1.76. The first-order valence-corrected chi connectivity index (χ1v) is 9.24. The van der Waals surface area contributed by atoms with Gasteiger partial charge in [0, 0.05) is 13.1 Å². The molecule has 0 saturated heterocycles. The lowest BCUT2D eigenvalue weighted by atomic mass is 9.90. The van der Waals surface area contributed by atoms with Crippen LogP contribution in [0.25, 0.3) is 0 Å². The van der Waals surface area contributed by atoms with Gasteiger partial charge in [-0.05, 0) is 52.5 Å². The number of hydrogen-bond donors (Lipinski definition) is 2. The van der Waals surface area contributed by atoms with Gasteiger partial charge in [-0.2, -0.15) is 0 Å². The molecule has 25 heavy (non-hydrogen) atoms. The van der Waals surface area contributed by atoms with E-state index in [4.69, 9.17) is 0 Å². The van der Waals surface area contributed by atoms with Crippen LogP contribution in [0.1, 0.15) is 29.8 Å². The van der Waals surface area contributed by atoms with Gasteiger partial charge < -0.3 is 15.3 Å². The summed E-state index contributed by atoms with van der Waals surface area (Å²) in [4.78, 5) is 19.3. The van der Waals surface area contributed by atoms with Gasteiger partial charge in [-0.25, -0.2) is 4.98 Å². The Labute approximate surface area is 156 Å². The Bertz CT molecular complexity index is 751. The smallest absolute Gasteiger partial charge is 0.237 e. The van der Waals surface area contributed by atoms with E-state index in [2.05, 4.69) is 38.4 Å². The van der Waals surface area contributed by atoms with Crippen molar-refractivity contribution in [2.75, 3.05) is 19.6 Å². The third kappa shape index (κ3) is 4.26. The maximum absolute atomic E-state index is 12.8. The van der Waals surface area contributed by atoms with Crippen molar-refractivity contribution in [3.63, 3.8) is 0 Å². The molecule has 0 spiro atoms. The molecule has 0 fully saturated rings. The van der Waals surface area contributed by atoms with E-state index in [-0.39, 0.29) is 18.5 Å². The first-order valence-electron chi connectivity index (χ1n) is 8.45. The molecule has 5 nitrogen and oxygen atoms in total. The number of hydrogen-bond acceptors (Lipinski definition) is 4. The number of nitrogens with one attached hydrogen (secondary N) is 1. The van der Waals surface area contributed by atoms with E-state index in [0.717, 1.165) is 22.3 Å². The summed E-state index contributed by atoms with van der Waals surface area (Å²) in [7, 11) is 0. The zero-order valence-corrected chi connectivity index (χ0v) is 15.7. The van der Waals surface area contributed by atoms with Gasteiger partial charge in [-0.3, -0.25) is 4.79 Å². The third-order valence-corrected chi connectivity index (χ3v) is 4.78. The summed E-state index contributed by atoms with van der Waals surface area (Å²) in [5, 5.41) is 12.4. The number of rotatable bonds is 5. The Morgan fingerprint density at radius 2 is 2.16 bits per heavy atom. The molecule has 1 aromatic carbocycles. The lowest BCUT2D eigenvalue weighted by molar-refractivity contribution is -0.132. The first kappa shape index (κ1) is 18.0. The van der Waals surface area contributed by atoms with Crippen LogP contribution in [-0.2, 0) is 11.2 Å². The fourth-order valence-corrected chi connectivity index (χ4v) is 3.58. The first-order chi connectivity index (χ1) is 12.1. The van der Waals surface area contributed by atoms with Crippen molar-refractivity contribution in [3.8, 4) is 0 Å². The molecule has 1 aromatic heterocycles. The summed E-state index contributed by atoms with van der Waals surface area (Å²) in [6.45, 7) is 2.96. The predicted molar refractivity (Wildman–Crippen MR) is 100 cm³/mol. The largest absolute Gasteiger partial charge is 0.392 e. The second-order valence-corrected chi connectivity index (χ2v) is 7.12. The van der Waals surface area contributed by atoms with Crippen molar-refractivity contribution in [1.82, 2.24) is 15.2 Å². The average Bonchev–Trinajstić information content (AvgIpc) is 2.60. The topological polar surface area (TPSA) is 65.5 Å². The summed E-state index contributed by atoms with van der Waals surface area (Å²) < 4.78 is 0.757. The van der Waals surface area contributed by atoms with Gasteiger partial charge in [0.2, 0.25) is 5.91 Å². The van der Waals surface area contributed by atoms with Crippen LogP contribution in [0.15, 0.2) is 47.1 Å². The van der Waals surface area contributed by atoms with Gasteiger partial charge in [-0.15, -0.1) is 0 Å². The lowest BCUT2D eigenvalue weighted by Gasteiger charge is -2.37. The molecule has 3 rings (SSSR count). The third-order valence-electron chi connectivity index (χ3n) is 4.34. The Kier molecular flexibility index (Phi) is 5.83. The van der Waals surface area contributed by atoms with E-state index < -0.39 is 6.10 Å². The highest BCUT2D eigenvalue weighted by atomic mass is 79.9. The summed E-state index contributed by atoms with van der Waals surface area (Å²) in [5.41, 5.74) is 3.24. The SMILES string of the molecule is C[C@@H](O)CNCC(=O)N1CCc2ccccc2C1c1cccc(Br)n1. The summed E-state index contributed by atoms with van der Waals surface area (Å²) in [5.74, 6) is 0.0157. The van der Waals surface area contributed by atoms with Crippen molar-refractivity contribution in [1.29, 1.82) is 0 Å². The van der Waals surface area contributed by atoms with Gasteiger partial charge in [0.1, 0.15) is 4.60 Å². The molecule has 1 aliphatic rings. The normalized spacial score (nSPS) is 17.9. The van der Waals surface area contributed by atoms with Crippen LogP contribution in [0.4, 0.5) is 0 Å². The van der Waals surface area contributed by atoms with Gasteiger partial charge in [-0.1, -0.05) is 30.3 Å². The molecule has 1 unspecified atom stereocenters. The van der Waals surface area contributed by atoms with Crippen LogP contribution in [0, 0.1) is 0 Å². The lowest BCUT2D eigenvalue weighted by Crippen LogP contribution is -2.45. The molecule has 1 amide bonds. The predicted octanol–water partition coefficient (Wildman–Crippen LogP) is 2.29. The van der Waals surface area contributed by atoms with Gasteiger partial charge in [0.15, 0.2) is 0 Å². The number of aliphatic hydroxyl groups is 1. The second-order valence-electron chi connectivity index (χ2n) is 6.30. The van der Waals surface area contributed by atoms with E-state index >= 15 is 0 Å². The molecule has 2 aromatic rings. The van der Waals surface area contributed by atoms with Crippen LogP contribution < -0.4 is 5.32 Å². The Morgan fingerprint density at radius 1 is 1.36 bits per heavy atom. The minimum atomic E-state index is -0.475. The molecule has 2 heterocycles. The van der Waals surface area contributed by atoms with Crippen LogP contribution in [0.3, 0.4) is 0 Å². The highest BCUT2D eigenvalue weighted by Crippen LogP contribution is 2.34. The fraction of sp³-hybridized carbons (Fsp3) is 0.368. The maximum Gasteiger partial charge on any atom is 0.237 e.